The molecule has 2 heterocycles. The fourth-order valence-electron chi connectivity index (χ4n) is 3.68. The lowest BCUT2D eigenvalue weighted by atomic mass is 10.1. The van der Waals surface area contributed by atoms with Gasteiger partial charge in [-0.25, -0.2) is 9.78 Å². The van der Waals surface area contributed by atoms with Gasteiger partial charge in [0.25, 0.3) is 0 Å². The first-order chi connectivity index (χ1) is 17.3. The highest BCUT2D eigenvalue weighted by Gasteiger charge is 2.24. The van der Waals surface area contributed by atoms with Crippen LogP contribution in [0.4, 0.5) is 0 Å². The zero-order valence-electron chi connectivity index (χ0n) is 21.0. The lowest BCUT2D eigenvalue weighted by Gasteiger charge is -2.16. The maximum atomic E-state index is 12.6. The topological polar surface area (TPSA) is 95.7 Å². The Labute approximate surface area is 211 Å². The number of methoxy groups -OCH3 is 1. The summed E-state index contributed by atoms with van der Waals surface area (Å²) in [4.78, 5) is 22.0. The zero-order chi connectivity index (χ0) is 25.7. The number of aliphatic hydroxyl groups excluding tert-OH is 1. The maximum absolute atomic E-state index is 12.6. The van der Waals surface area contributed by atoms with Crippen molar-refractivity contribution in [3.05, 3.63) is 71.9 Å². The Kier molecular flexibility index (Phi) is 7.83. The van der Waals surface area contributed by atoms with Crippen LogP contribution in [-0.2, 0) is 22.8 Å². The Morgan fingerprint density at radius 3 is 2.47 bits per heavy atom. The molecule has 0 spiro atoms. The highest BCUT2D eigenvalue weighted by atomic mass is 28.3. The van der Waals surface area contributed by atoms with E-state index in [-0.39, 0.29) is 24.7 Å². The van der Waals surface area contributed by atoms with E-state index in [1.165, 1.54) is 7.11 Å². The quantitative estimate of drug-likeness (QED) is 0.173. The van der Waals surface area contributed by atoms with E-state index in [0.29, 0.717) is 29.4 Å². The predicted molar refractivity (Wildman–Crippen MR) is 141 cm³/mol. The van der Waals surface area contributed by atoms with E-state index in [2.05, 4.69) is 24.6 Å². The van der Waals surface area contributed by atoms with Gasteiger partial charge in [0, 0.05) is 20.9 Å². The number of imidazole rings is 1. The number of pyridine rings is 1. The minimum absolute atomic E-state index is 0.0706. The summed E-state index contributed by atoms with van der Waals surface area (Å²) in [5.74, 6) is 0.875. The number of rotatable bonds is 10. The van der Waals surface area contributed by atoms with E-state index in [4.69, 9.17) is 19.2 Å². The summed E-state index contributed by atoms with van der Waals surface area (Å²) in [5.41, 5.74) is 2.94. The van der Waals surface area contributed by atoms with Gasteiger partial charge in [0.1, 0.15) is 29.3 Å². The number of aromatic nitrogens is 3. The summed E-state index contributed by atoms with van der Waals surface area (Å²) in [6.07, 6.45) is 1.71. The van der Waals surface area contributed by atoms with Crippen molar-refractivity contribution in [2.75, 3.05) is 13.7 Å². The fourth-order valence-corrected chi connectivity index (χ4v) is 4.43. The molecule has 36 heavy (non-hydrogen) atoms. The van der Waals surface area contributed by atoms with Gasteiger partial charge in [-0.2, -0.15) is 0 Å². The Morgan fingerprint density at radius 1 is 1.06 bits per heavy atom. The van der Waals surface area contributed by atoms with Crippen LogP contribution in [0, 0.1) is 0 Å². The van der Waals surface area contributed by atoms with Crippen LogP contribution in [0.3, 0.4) is 0 Å². The predicted octanol–water partition coefficient (Wildman–Crippen LogP) is 5.48. The smallest absolute Gasteiger partial charge is 0.341 e. The molecule has 0 saturated heterocycles. The monoisotopic (exact) mass is 505 g/mol. The Balaban J connectivity index is 1.82. The number of benzene rings is 2. The van der Waals surface area contributed by atoms with E-state index in [1.807, 2.05) is 28.8 Å². The highest BCUT2D eigenvalue weighted by molar-refractivity contribution is 6.76. The number of carbonyl (C=O) groups is 1. The molecular formula is C27H31N3O5Si. The average molecular weight is 506 g/mol. The summed E-state index contributed by atoms with van der Waals surface area (Å²) in [6.45, 7) is 7.81. The van der Waals surface area contributed by atoms with Gasteiger partial charge >= 0.3 is 5.97 Å². The molecule has 9 heteroatoms. The van der Waals surface area contributed by atoms with Gasteiger partial charge < -0.3 is 19.3 Å². The fraction of sp³-hybridized carbons (Fsp3) is 0.296. The molecule has 0 aliphatic heterocycles. The minimum atomic E-state index is -1.24. The van der Waals surface area contributed by atoms with Gasteiger partial charge in [0.15, 0.2) is 11.6 Å². The number of ether oxygens (including phenoxy) is 3. The number of fused-ring (bicyclic) bond motifs is 1. The summed E-state index contributed by atoms with van der Waals surface area (Å²) >= 11 is 0. The second-order valence-electron chi connectivity index (χ2n) is 9.63. The molecule has 0 unspecified atom stereocenters. The number of carbonyl (C=O) groups excluding carboxylic acids is 1. The van der Waals surface area contributed by atoms with Gasteiger partial charge in [-0.15, -0.1) is 0 Å². The lowest BCUT2D eigenvalue weighted by Crippen LogP contribution is -2.22. The summed E-state index contributed by atoms with van der Waals surface area (Å²) in [5, 5.41) is 9.35. The van der Waals surface area contributed by atoms with E-state index < -0.39 is 14.0 Å². The van der Waals surface area contributed by atoms with E-state index >= 15 is 0 Å². The van der Waals surface area contributed by atoms with Crippen LogP contribution in [0.5, 0.6) is 11.5 Å². The maximum Gasteiger partial charge on any atom is 0.341 e. The molecule has 0 aliphatic carbocycles. The molecule has 188 valence electrons. The molecular weight excluding hydrogens is 474 g/mol. The van der Waals surface area contributed by atoms with Crippen molar-refractivity contribution in [3.8, 4) is 23.0 Å². The zero-order valence-corrected chi connectivity index (χ0v) is 22.0. The molecule has 0 aliphatic rings. The molecule has 0 atom stereocenters. The molecule has 4 aromatic rings. The Bertz CT molecular complexity index is 1330. The summed E-state index contributed by atoms with van der Waals surface area (Å²) in [7, 11) is 0.0868. The normalized spacial score (nSPS) is 11.6. The van der Waals surface area contributed by atoms with Gasteiger partial charge in [-0.1, -0.05) is 37.8 Å². The first-order valence-corrected chi connectivity index (χ1v) is 15.5. The number of esters is 1. The van der Waals surface area contributed by atoms with Crippen LogP contribution in [0.2, 0.25) is 25.7 Å². The van der Waals surface area contributed by atoms with Crippen LogP contribution in [0.25, 0.3) is 22.6 Å². The van der Waals surface area contributed by atoms with Gasteiger partial charge in [-0.05, 0) is 48.0 Å². The second-order valence-corrected chi connectivity index (χ2v) is 15.3. The molecule has 0 amide bonds. The summed E-state index contributed by atoms with van der Waals surface area (Å²) in [6, 6.07) is 17.2. The number of hydrogen-bond donors (Lipinski definition) is 1. The largest absolute Gasteiger partial charge is 0.465 e. The van der Waals surface area contributed by atoms with Crippen molar-refractivity contribution in [2.24, 2.45) is 0 Å². The molecule has 4 rings (SSSR count). The van der Waals surface area contributed by atoms with Gasteiger partial charge in [-0.3, -0.25) is 9.55 Å². The molecule has 2 aromatic heterocycles. The van der Waals surface area contributed by atoms with Crippen LogP contribution < -0.4 is 4.74 Å². The first-order valence-electron chi connectivity index (χ1n) is 11.8. The van der Waals surface area contributed by atoms with Crippen molar-refractivity contribution in [1.29, 1.82) is 0 Å². The third-order valence-electron chi connectivity index (χ3n) is 5.72. The SMILES string of the molecule is COC(=O)c1ccc2c(nc(-c3ccccn3)n2COCC[Si](C)(C)C)c1Oc1ccc(CO)cc1. The number of nitrogens with zero attached hydrogens (tertiary/aromatic N) is 3. The van der Waals surface area contributed by atoms with Crippen LogP contribution in [0.1, 0.15) is 15.9 Å². The molecule has 8 nitrogen and oxygen atoms in total. The van der Waals surface area contributed by atoms with E-state index in [9.17, 15) is 9.90 Å². The molecule has 0 bridgehead atoms. The molecule has 0 radical (unpaired) electrons. The Hall–Kier alpha value is -3.53. The summed E-state index contributed by atoms with van der Waals surface area (Å²) < 4.78 is 19.2. The highest BCUT2D eigenvalue weighted by Crippen LogP contribution is 2.36. The number of hydrogen-bond acceptors (Lipinski definition) is 7. The van der Waals surface area contributed by atoms with Crippen molar-refractivity contribution < 1.29 is 24.1 Å². The molecule has 0 fully saturated rings. The first kappa shape index (κ1) is 25.6. The minimum Gasteiger partial charge on any atom is -0.465 e. The Morgan fingerprint density at radius 2 is 1.83 bits per heavy atom. The third kappa shape index (κ3) is 5.81. The second kappa shape index (κ2) is 11.0. The number of aliphatic hydroxyl groups is 1. The van der Waals surface area contributed by atoms with E-state index in [1.54, 1.807) is 36.5 Å². The van der Waals surface area contributed by atoms with Crippen molar-refractivity contribution in [2.45, 2.75) is 39.0 Å². The van der Waals surface area contributed by atoms with E-state index in [0.717, 1.165) is 17.1 Å². The van der Waals surface area contributed by atoms with Crippen LogP contribution >= 0.6 is 0 Å². The van der Waals surface area contributed by atoms with Crippen molar-refractivity contribution in [1.82, 2.24) is 14.5 Å². The molecule has 0 saturated carbocycles. The van der Waals surface area contributed by atoms with Gasteiger partial charge in [0.05, 0.1) is 19.2 Å². The van der Waals surface area contributed by atoms with Crippen molar-refractivity contribution in [3.63, 3.8) is 0 Å². The molecule has 2 aromatic carbocycles. The van der Waals surface area contributed by atoms with Gasteiger partial charge in [0.2, 0.25) is 0 Å². The van der Waals surface area contributed by atoms with Crippen LogP contribution in [0.15, 0.2) is 60.8 Å². The standard InChI is InChI=1S/C27H31N3O5Si/c1-33-27(32)21-12-13-23-24(25(21)35-20-10-8-19(17-31)9-11-20)29-26(22-7-5-6-14-28-22)30(23)18-34-15-16-36(2,3)4/h5-14,31H,15-18H2,1-4H3. The lowest BCUT2D eigenvalue weighted by molar-refractivity contribution is 0.0598. The third-order valence-corrected chi connectivity index (χ3v) is 7.42. The van der Waals surface area contributed by atoms with Crippen LogP contribution in [-0.4, -0.2) is 47.4 Å². The average Bonchev–Trinajstić information content (AvgIpc) is 3.25. The van der Waals surface area contributed by atoms with Crippen molar-refractivity contribution >= 4 is 25.1 Å². The molecule has 1 N–H and O–H groups in total.